The van der Waals surface area contributed by atoms with Gasteiger partial charge < -0.3 is 21.3 Å². The van der Waals surface area contributed by atoms with Crippen molar-refractivity contribution < 1.29 is 19.4 Å². The molecule has 1 fully saturated rings. The molecule has 0 aliphatic heterocycles. The second-order valence-corrected chi connectivity index (χ2v) is 7.26. The standard InChI is InChI=1S/C22H26N2O4/c1-28-18-11-10-17(14-4-2-13(12-23)3-5-14)20(21(24)25)19(18)15-6-8-16(9-7-15)22(26)27/h2-5,10-11,15-16H,6-9,12,23H2,1H3,(H2,24,25)(H,26,27). The van der Waals surface area contributed by atoms with Gasteiger partial charge in [0.25, 0.3) is 0 Å². The number of carboxylic acid groups (broad SMARTS) is 1. The SMILES string of the molecule is COc1ccc(-c2ccc(CN)cc2)c(C(N)=O)c1C1CCC(C(=O)O)CC1. The van der Waals surface area contributed by atoms with Gasteiger partial charge in [-0.1, -0.05) is 24.3 Å². The molecule has 1 amide bonds. The second-order valence-electron chi connectivity index (χ2n) is 7.26. The monoisotopic (exact) mass is 382 g/mol. The molecule has 1 saturated carbocycles. The molecular formula is C22H26N2O4. The van der Waals surface area contributed by atoms with Gasteiger partial charge in [0.05, 0.1) is 18.6 Å². The largest absolute Gasteiger partial charge is 0.496 e. The van der Waals surface area contributed by atoms with Gasteiger partial charge in [-0.3, -0.25) is 9.59 Å². The van der Waals surface area contributed by atoms with Crippen molar-refractivity contribution in [3.8, 4) is 16.9 Å². The van der Waals surface area contributed by atoms with Crippen molar-refractivity contribution in [2.75, 3.05) is 7.11 Å². The molecule has 2 aromatic rings. The lowest BCUT2D eigenvalue weighted by Crippen LogP contribution is -2.23. The summed E-state index contributed by atoms with van der Waals surface area (Å²) in [5, 5.41) is 9.27. The van der Waals surface area contributed by atoms with Gasteiger partial charge in [-0.05, 0) is 60.4 Å². The van der Waals surface area contributed by atoms with Crippen LogP contribution in [0.5, 0.6) is 5.75 Å². The van der Waals surface area contributed by atoms with Gasteiger partial charge >= 0.3 is 5.97 Å². The van der Waals surface area contributed by atoms with Crippen molar-refractivity contribution in [3.05, 3.63) is 53.1 Å². The average Bonchev–Trinajstić information content (AvgIpc) is 2.72. The quantitative estimate of drug-likeness (QED) is 0.709. The maximum Gasteiger partial charge on any atom is 0.306 e. The molecule has 0 heterocycles. The molecular weight excluding hydrogens is 356 g/mol. The Labute approximate surface area is 164 Å². The Bertz CT molecular complexity index is 869. The van der Waals surface area contributed by atoms with Gasteiger partial charge in [-0.25, -0.2) is 0 Å². The second kappa shape index (κ2) is 8.44. The number of carbonyl (C=O) groups excluding carboxylic acids is 1. The number of hydrogen-bond donors (Lipinski definition) is 3. The summed E-state index contributed by atoms with van der Waals surface area (Å²) in [6.07, 6.45) is 2.53. The molecule has 148 valence electrons. The molecule has 6 heteroatoms. The van der Waals surface area contributed by atoms with E-state index in [-0.39, 0.29) is 11.8 Å². The Morgan fingerprint density at radius 1 is 1.07 bits per heavy atom. The predicted octanol–water partition coefficient (Wildman–Crippen LogP) is 3.28. The van der Waals surface area contributed by atoms with Crippen LogP contribution in [-0.2, 0) is 11.3 Å². The van der Waals surface area contributed by atoms with Crippen LogP contribution < -0.4 is 16.2 Å². The molecule has 3 rings (SSSR count). The smallest absolute Gasteiger partial charge is 0.306 e. The van der Waals surface area contributed by atoms with E-state index in [1.165, 1.54) is 0 Å². The fraction of sp³-hybridized carbons (Fsp3) is 0.364. The third-order valence-corrected chi connectivity index (χ3v) is 5.66. The summed E-state index contributed by atoms with van der Waals surface area (Å²) < 4.78 is 5.55. The molecule has 0 bridgehead atoms. The predicted molar refractivity (Wildman–Crippen MR) is 107 cm³/mol. The molecule has 2 aromatic carbocycles. The van der Waals surface area contributed by atoms with Gasteiger partial charge in [0.2, 0.25) is 5.91 Å². The Morgan fingerprint density at radius 2 is 1.71 bits per heavy atom. The van der Waals surface area contributed by atoms with Gasteiger partial charge in [0.15, 0.2) is 0 Å². The van der Waals surface area contributed by atoms with E-state index in [9.17, 15) is 14.7 Å². The number of ether oxygens (including phenoxy) is 1. The first kappa shape index (κ1) is 19.9. The topological polar surface area (TPSA) is 116 Å². The van der Waals surface area contributed by atoms with E-state index in [0.29, 0.717) is 43.5 Å². The Hall–Kier alpha value is -2.86. The number of aliphatic carboxylic acids is 1. The van der Waals surface area contributed by atoms with E-state index in [2.05, 4.69) is 0 Å². The third-order valence-electron chi connectivity index (χ3n) is 5.66. The highest BCUT2D eigenvalue weighted by molar-refractivity contribution is 6.02. The Balaban J connectivity index is 2.07. The van der Waals surface area contributed by atoms with Crippen LogP contribution in [0.2, 0.25) is 0 Å². The molecule has 0 aromatic heterocycles. The number of carboxylic acids is 1. The van der Waals surface area contributed by atoms with Crippen LogP contribution in [0.3, 0.4) is 0 Å². The highest BCUT2D eigenvalue weighted by Crippen LogP contribution is 2.44. The highest BCUT2D eigenvalue weighted by Gasteiger charge is 2.31. The van der Waals surface area contributed by atoms with Crippen LogP contribution in [-0.4, -0.2) is 24.1 Å². The molecule has 0 saturated heterocycles. The van der Waals surface area contributed by atoms with Crippen molar-refractivity contribution in [3.63, 3.8) is 0 Å². The maximum absolute atomic E-state index is 12.5. The molecule has 1 aliphatic rings. The molecule has 0 atom stereocenters. The van der Waals surface area contributed by atoms with E-state index in [1.807, 2.05) is 36.4 Å². The lowest BCUT2D eigenvalue weighted by molar-refractivity contribution is -0.142. The average molecular weight is 382 g/mol. The van der Waals surface area contributed by atoms with Crippen molar-refractivity contribution in [2.45, 2.75) is 38.1 Å². The summed E-state index contributed by atoms with van der Waals surface area (Å²) in [4.78, 5) is 23.8. The van der Waals surface area contributed by atoms with Gasteiger partial charge in [0, 0.05) is 12.1 Å². The van der Waals surface area contributed by atoms with Crippen LogP contribution in [0.25, 0.3) is 11.1 Å². The van der Waals surface area contributed by atoms with Gasteiger partial charge in [0.1, 0.15) is 5.75 Å². The minimum absolute atomic E-state index is 0.0383. The molecule has 28 heavy (non-hydrogen) atoms. The van der Waals surface area contributed by atoms with Gasteiger partial charge in [-0.15, -0.1) is 0 Å². The fourth-order valence-corrected chi connectivity index (χ4v) is 4.14. The minimum atomic E-state index is -0.755. The Morgan fingerprint density at radius 3 is 2.21 bits per heavy atom. The summed E-state index contributed by atoms with van der Waals surface area (Å²) in [5.41, 5.74) is 15.4. The van der Waals surface area contributed by atoms with Gasteiger partial charge in [-0.2, -0.15) is 0 Å². The number of benzene rings is 2. The number of carbonyl (C=O) groups is 2. The first-order chi connectivity index (χ1) is 13.5. The zero-order valence-electron chi connectivity index (χ0n) is 16.0. The zero-order valence-corrected chi connectivity index (χ0v) is 16.0. The van der Waals surface area contributed by atoms with Crippen molar-refractivity contribution in [2.24, 2.45) is 17.4 Å². The Kier molecular flexibility index (Phi) is 5.99. The van der Waals surface area contributed by atoms with Crippen LogP contribution in [0.4, 0.5) is 0 Å². The van der Waals surface area contributed by atoms with Crippen molar-refractivity contribution >= 4 is 11.9 Å². The van der Waals surface area contributed by atoms with E-state index in [1.54, 1.807) is 7.11 Å². The molecule has 0 radical (unpaired) electrons. The zero-order chi connectivity index (χ0) is 20.3. The first-order valence-electron chi connectivity index (χ1n) is 9.49. The first-order valence-corrected chi connectivity index (χ1v) is 9.49. The van der Waals surface area contributed by atoms with E-state index >= 15 is 0 Å². The van der Waals surface area contributed by atoms with E-state index in [0.717, 1.165) is 22.3 Å². The molecule has 0 unspecified atom stereocenters. The number of methoxy groups -OCH3 is 1. The molecule has 6 nitrogen and oxygen atoms in total. The number of hydrogen-bond acceptors (Lipinski definition) is 4. The maximum atomic E-state index is 12.5. The van der Waals surface area contributed by atoms with Crippen molar-refractivity contribution in [1.82, 2.24) is 0 Å². The van der Waals surface area contributed by atoms with Crippen LogP contribution >= 0.6 is 0 Å². The number of nitrogens with two attached hydrogens (primary N) is 2. The summed E-state index contributed by atoms with van der Waals surface area (Å²) in [6.45, 7) is 0.448. The summed E-state index contributed by atoms with van der Waals surface area (Å²) in [7, 11) is 1.57. The lowest BCUT2D eigenvalue weighted by atomic mass is 9.76. The van der Waals surface area contributed by atoms with Crippen molar-refractivity contribution in [1.29, 1.82) is 0 Å². The minimum Gasteiger partial charge on any atom is -0.496 e. The molecule has 0 spiro atoms. The fourth-order valence-electron chi connectivity index (χ4n) is 4.14. The van der Waals surface area contributed by atoms with Crippen LogP contribution in [0, 0.1) is 5.92 Å². The normalized spacial score (nSPS) is 19.2. The number of rotatable bonds is 6. The van der Waals surface area contributed by atoms with Crippen LogP contribution in [0.15, 0.2) is 36.4 Å². The summed E-state index contributed by atoms with van der Waals surface area (Å²) in [6, 6.07) is 11.4. The number of primary amides is 1. The lowest BCUT2D eigenvalue weighted by Gasteiger charge is -2.29. The summed E-state index contributed by atoms with van der Waals surface area (Å²) in [5.74, 6) is -0.932. The van der Waals surface area contributed by atoms with Crippen LogP contribution in [0.1, 0.15) is 53.1 Å². The summed E-state index contributed by atoms with van der Waals surface area (Å²) >= 11 is 0. The third kappa shape index (κ3) is 3.87. The van der Waals surface area contributed by atoms with E-state index < -0.39 is 11.9 Å². The number of amides is 1. The molecule has 5 N–H and O–H groups in total. The van der Waals surface area contributed by atoms with E-state index in [4.69, 9.17) is 16.2 Å². The highest BCUT2D eigenvalue weighted by atomic mass is 16.5. The molecule has 1 aliphatic carbocycles.